The van der Waals surface area contributed by atoms with E-state index in [1.165, 1.54) is 0 Å². The highest BCUT2D eigenvalue weighted by atomic mass is 16.5. The molecule has 0 unspecified atom stereocenters. The molecule has 3 rings (SSSR count). The van der Waals surface area contributed by atoms with Crippen LogP contribution in [0.25, 0.3) is 0 Å². The Morgan fingerprint density at radius 3 is 2.67 bits per heavy atom. The average molecular weight is 325 g/mol. The van der Waals surface area contributed by atoms with Gasteiger partial charge in [-0.3, -0.25) is 4.98 Å². The summed E-state index contributed by atoms with van der Waals surface area (Å²) in [5.41, 5.74) is 2.95. The third-order valence-electron chi connectivity index (χ3n) is 4.19. The quantitative estimate of drug-likeness (QED) is 0.934. The van der Waals surface area contributed by atoms with Crippen LogP contribution in [0.1, 0.15) is 24.1 Å². The monoisotopic (exact) mass is 325 g/mol. The fraction of sp³-hybridized carbons (Fsp3) is 0.368. The molecule has 1 N–H and O–H groups in total. The van der Waals surface area contributed by atoms with Crippen LogP contribution < -0.4 is 10.1 Å². The summed E-state index contributed by atoms with van der Waals surface area (Å²) in [6, 6.07) is 11.7. The van der Waals surface area contributed by atoms with Gasteiger partial charge in [-0.25, -0.2) is 4.79 Å². The van der Waals surface area contributed by atoms with E-state index in [0.29, 0.717) is 13.1 Å². The molecule has 1 aromatic heterocycles. The van der Waals surface area contributed by atoms with Gasteiger partial charge in [-0.15, -0.1) is 0 Å². The summed E-state index contributed by atoms with van der Waals surface area (Å²) in [4.78, 5) is 18.4. The standard InChI is InChI=1S/C19H23N3O2/c1-14-4-3-5-16(12-14)21-19(23)22-10-8-17(9-11-22)24-18-7-6-15(2)20-13-18/h3-7,12-13,17H,8-11H2,1-2H3,(H,21,23). The Balaban J connectivity index is 1.49. The normalized spacial score (nSPS) is 15.2. The molecule has 2 amide bonds. The van der Waals surface area contributed by atoms with Crippen molar-refractivity contribution in [1.82, 2.24) is 9.88 Å². The summed E-state index contributed by atoms with van der Waals surface area (Å²) in [5.74, 6) is 0.795. The molecule has 1 aliphatic heterocycles. The van der Waals surface area contributed by atoms with Crippen molar-refractivity contribution in [2.24, 2.45) is 0 Å². The summed E-state index contributed by atoms with van der Waals surface area (Å²) in [6.45, 7) is 5.36. The van der Waals surface area contributed by atoms with Gasteiger partial charge in [0.05, 0.1) is 6.20 Å². The van der Waals surface area contributed by atoms with Crippen molar-refractivity contribution in [3.8, 4) is 5.75 Å². The van der Waals surface area contributed by atoms with E-state index in [9.17, 15) is 4.79 Å². The molecule has 1 aliphatic rings. The predicted octanol–water partition coefficient (Wildman–Crippen LogP) is 3.77. The van der Waals surface area contributed by atoms with E-state index < -0.39 is 0 Å². The molecule has 0 atom stereocenters. The Kier molecular flexibility index (Phi) is 4.99. The number of amides is 2. The van der Waals surface area contributed by atoms with Gasteiger partial charge in [0.15, 0.2) is 0 Å². The number of anilines is 1. The number of nitrogens with one attached hydrogen (secondary N) is 1. The molecule has 24 heavy (non-hydrogen) atoms. The molecule has 5 heteroatoms. The van der Waals surface area contributed by atoms with Gasteiger partial charge >= 0.3 is 6.03 Å². The number of piperidine rings is 1. The smallest absolute Gasteiger partial charge is 0.321 e. The molecule has 5 nitrogen and oxygen atoms in total. The second kappa shape index (κ2) is 7.34. The molecular formula is C19H23N3O2. The molecule has 0 radical (unpaired) electrons. The number of nitrogens with zero attached hydrogens (tertiary/aromatic N) is 2. The predicted molar refractivity (Wildman–Crippen MR) is 94.4 cm³/mol. The Morgan fingerprint density at radius 2 is 2.00 bits per heavy atom. The molecule has 126 valence electrons. The maximum absolute atomic E-state index is 12.3. The first-order chi connectivity index (χ1) is 11.6. The second-order valence-corrected chi connectivity index (χ2v) is 6.24. The van der Waals surface area contributed by atoms with Crippen LogP contribution in [0.4, 0.5) is 10.5 Å². The van der Waals surface area contributed by atoms with Crippen LogP contribution in [0.15, 0.2) is 42.6 Å². The van der Waals surface area contributed by atoms with Crippen LogP contribution in [-0.4, -0.2) is 35.1 Å². The van der Waals surface area contributed by atoms with Crippen molar-refractivity contribution < 1.29 is 9.53 Å². The molecule has 0 aliphatic carbocycles. The fourth-order valence-electron chi connectivity index (χ4n) is 2.82. The molecule has 1 fully saturated rings. The first-order valence-electron chi connectivity index (χ1n) is 8.32. The number of aromatic nitrogens is 1. The molecule has 0 saturated carbocycles. The zero-order valence-electron chi connectivity index (χ0n) is 14.2. The zero-order chi connectivity index (χ0) is 16.9. The number of hydrogen-bond donors (Lipinski definition) is 1. The minimum absolute atomic E-state index is 0.0453. The third kappa shape index (κ3) is 4.25. The molecule has 0 bridgehead atoms. The molecular weight excluding hydrogens is 302 g/mol. The Labute approximate surface area is 142 Å². The number of ether oxygens (including phenoxy) is 1. The first kappa shape index (κ1) is 16.3. The van der Waals surface area contributed by atoms with Crippen LogP contribution in [-0.2, 0) is 0 Å². The van der Waals surface area contributed by atoms with Gasteiger partial charge in [0.25, 0.3) is 0 Å². The lowest BCUT2D eigenvalue weighted by atomic mass is 10.1. The number of carbonyl (C=O) groups is 1. The van der Waals surface area contributed by atoms with Gasteiger partial charge in [0.2, 0.25) is 0 Å². The zero-order valence-corrected chi connectivity index (χ0v) is 14.2. The number of aryl methyl sites for hydroxylation is 2. The Hall–Kier alpha value is -2.56. The third-order valence-corrected chi connectivity index (χ3v) is 4.19. The number of carbonyl (C=O) groups excluding carboxylic acids is 1. The van der Waals surface area contributed by atoms with E-state index in [1.54, 1.807) is 6.20 Å². The lowest BCUT2D eigenvalue weighted by Gasteiger charge is -2.32. The summed E-state index contributed by atoms with van der Waals surface area (Å²) in [7, 11) is 0. The van der Waals surface area contributed by atoms with E-state index in [2.05, 4.69) is 10.3 Å². The largest absolute Gasteiger partial charge is 0.489 e. The van der Waals surface area contributed by atoms with E-state index in [0.717, 1.165) is 35.5 Å². The van der Waals surface area contributed by atoms with E-state index in [4.69, 9.17) is 4.74 Å². The van der Waals surface area contributed by atoms with Crippen LogP contribution in [0.3, 0.4) is 0 Å². The highest BCUT2D eigenvalue weighted by Gasteiger charge is 2.24. The number of rotatable bonds is 3. The minimum atomic E-state index is -0.0453. The van der Waals surface area contributed by atoms with Crippen LogP contribution >= 0.6 is 0 Å². The highest BCUT2D eigenvalue weighted by Crippen LogP contribution is 2.19. The molecule has 0 spiro atoms. The van der Waals surface area contributed by atoms with Crippen molar-refractivity contribution in [2.75, 3.05) is 18.4 Å². The summed E-state index contributed by atoms with van der Waals surface area (Å²) < 4.78 is 5.95. The lowest BCUT2D eigenvalue weighted by Crippen LogP contribution is -2.43. The van der Waals surface area contributed by atoms with Crippen molar-refractivity contribution in [2.45, 2.75) is 32.8 Å². The van der Waals surface area contributed by atoms with Crippen molar-refractivity contribution in [3.05, 3.63) is 53.9 Å². The SMILES string of the molecule is Cc1cccc(NC(=O)N2CCC(Oc3ccc(C)nc3)CC2)c1. The maximum Gasteiger partial charge on any atom is 0.321 e. The average Bonchev–Trinajstić information content (AvgIpc) is 2.57. The number of hydrogen-bond acceptors (Lipinski definition) is 3. The van der Waals surface area contributed by atoms with E-state index in [-0.39, 0.29) is 12.1 Å². The first-order valence-corrected chi connectivity index (χ1v) is 8.32. The number of likely N-dealkylation sites (tertiary alicyclic amines) is 1. The molecule has 1 saturated heterocycles. The Bertz CT molecular complexity index is 692. The topological polar surface area (TPSA) is 54.5 Å². The Morgan fingerprint density at radius 1 is 1.21 bits per heavy atom. The van der Waals surface area contributed by atoms with Crippen molar-refractivity contribution in [3.63, 3.8) is 0 Å². The van der Waals surface area contributed by atoms with Crippen LogP contribution in [0.2, 0.25) is 0 Å². The van der Waals surface area contributed by atoms with Crippen LogP contribution in [0.5, 0.6) is 5.75 Å². The minimum Gasteiger partial charge on any atom is -0.489 e. The van der Waals surface area contributed by atoms with Gasteiger partial charge in [-0.2, -0.15) is 0 Å². The van der Waals surface area contributed by atoms with E-state index in [1.807, 2.05) is 55.1 Å². The summed E-state index contributed by atoms with van der Waals surface area (Å²) in [6.07, 6.45) is 3.55. The summed E-state index contributed by atoms with van der Waals surface area (Å²) in [5, 5.41) is 2.96. The van der Waals surface area contributed by atoms with Crippen molar-refractivity contribution in [1.29, 1.82) is 0 Å². The fourth-order valence-corrected chi connectivity index (χ4v) is 2.82. The molecule has 2 heterocycles. The number of urea groups is 1. The van der Waals surface area contributed by atoms with E-state index >= 15 is 0 Å². The van der Waals surface area contributed by atoms with Crippen molar-refractivity contribution >= 4 is 11.7 Å². The number of pyridine rings is 1. The molecule has 1 aromatic carbocycles. The highest BCUT2D eigenvalue weighted by molar-refractivity contribution is 5.89. The molecule has 2 aromatic rings. The van der Waals surface area contributed by atoms with Gasteiger partial charge in [-0.05, 0) is 43.7 Å². The van der Waals surface area contributed by atoms with Gasteiger partial charge in [-0.1, -0.05) is 12.1 Å². The second-order valence-electron chi connectivity index (χ2n) is 6.24. The maximum atomic E-state index is 12.3. The number of benzene rings is 1. The van der Waals surface area contributed by atoms with Gasteiger partial charge in [0.1, 0.15) is 11.9 Å². The summed E-state index contributed by atoms with van der Waals surface area (Å²) >= 11 is 0. The van der Waals surface area contributed by atoms with Crippen LogP contribution in [0, 0.1) is 13.8 Å². The van der Waals surface area contributed by atoms with Gasteiger partial charge in [0, 0.05) is 37.3 Å². The van der Waals surface area contributed by atoms with Gasteiger partial charge < -0.3 is 15.0 Å². The lowest BCUT2D eigenvalue weighted by molar-refractivity contribution is 0.115.